The van der Waals surface area contributed by atoms with Crippen molar-refractivity contribution < 1.29 is 18.7 Å². The van der Waals surface area contributed by atoms with Gasteiger partial charge in [0.15, 0.2) is 14.5 Å². The van der Waals surface area contributed by atoms with Crippen LogP contribution in [0.2, 0.25) is 18.1 Å². The lowest BCUT2D eigenvalue weighted by Crippen LogP contribution is -2.51. The predicted molar refractivity (Wildman–Crippen MR) is 131 cm³/mol. The molecule has 0 radical (unpaired) electrons. The molecule has 5 atom stereocenters. The largest absolute Gasteiger partial charge is 0.462 e. The van der Waals surface area contributed by atoms with Gasteiger partial charge in [-0.05, 0) is 36.0 Å². The van der Waals surface area contributed by atoms with Crippen molar-refractivity contribution in [3.63, 3.8) is 0 Å². The van der Waals surface area contributed by atoms with E-state index in [1.165, 1.54) is 16.8 Å². The summed E-state index contributed by atoms with van der Waals surface area (Å²) in [6.45, 7) is 16.3. The van der Waals surface area contributed by atoms with Crippen molar-refractivity contribution in [2.75, 3.05) is 12.3 Å². The highest BCUT2D eigenvalue weighted by Crippen LogP contribution is 2.47. The van der Waals surface area contributed by atoms with Crippen LogP contribution < -0.4 is 17.2 Å². The van der Waals surface area contributed by atoms with Gasteiger partial charge in [0.05, 0.1) is 12.2 Å². The number of aromatic nitrogens is 2. The van der Waals surface area contributed by atoms with Gasteiger partial charge in [-0.25, -0.2) is 4.79 Å². The van der Waals surface area contributed by atoms with E-state index in [0.717, 1.165) is 0 Å². The van der Waals surface area contributed by atoms with Crippen LogP contribution >= 0.6 is 0 Å². The fourth-order valence-corrected chi connectivity index (χ4v) is 6.41. The molecule has 2 heterocycles. The molecule has 1 aliphatic heterocycles. The standard InChI is InChI=1S/C23H39N5O5Si/c1-13(2)18(26)21(29)31-12-16-19(33-34(7,8)23(5,6)14(3)4)15(11-24)20(32-16)28-10-9-17(25)27-22(28)30/h9-10,13-16,18-20H,12,26H2,1-8H3,(H2,25,27,30)/t15-,16+,18-,19-,20+/m0/s1. The van der Waals surface area contributed by atoms with E-state index in [0.29, 0.717) is 5.92 Å². The number of carbonyl (C=O) groups is 1. The maximum absolute atomic E-state index is 12.5. The van der Waals surface area contributed by atoms with Crippen LogP contribution in [0.3, 0.4) is 0 Å². The van der Waals surface area contributed by atoms with Gasteiger partial charge >= 0.3 is 11.7 Å². The lowest BCUT2D eigenvalue weighted by Gasteiger charge is -2.44. The third kappa shape index (κ3) is 5.68. The van der Waals surface area contributed by atoms with Crippen LogP contribution in [-0.2, 0) is 18.7 Å². The molecule has 0 aromatic carbocycles. The molecule has 1 fully saturated rings. The van der Waals surface area contributed by atoms with Crippen molar-refractivity contribution in [3.05, 3.63) is 22.7 Å². The molecule has 1 aromatic heterocycles. The molecule has 0 unspecified atom stereocenters. The first-order valence-electron chi connectivity index (χ1n) is 11.6. The summed E-state index contributed by atoms with van der Waals surface area (Å²) in [5.41, 5.74) is 10.9. The lowest BCUT2D eigenvalue weighted by molar-refractivity contribution is -0.152. The lowest BCUT2D eigenvalue weighted by atomic mass is 9.99. The van der Waals surface area contributed by atoms with E-state index in [1.54, 1.807) is 0 Å². The highest BCUT2D eigenvalue weighted by atomic mass is 28.4. The first-order valence-corrected chi connectivity index (χ1v) is 14.5. The maximum Gasteiger partial charge on any atom is 0.351 e. The Morgan fingerprint density at radius 3 is 2.47 bits per heavy atom. The van der Waals surface area contributed by atoms with Crippen molar-refractivity contribution in [1.29, 1.82) is 5.26 Å². The molecule has 0 aliphatic carbocycles. The number of hydrogen-bond acceptors (Lipinski definition) is 9. The molecule has 2 rings (SSSR count). The van der Waals surface area contributed by atoms with E-state index in [1.807, 2.05) is 13.8 Å². The smallest absolute Gasteiger partial charge is 0.351 e. The number of esters is 1. The molecule has 0 bridgehead atoms. The van der Waals surface area contributed by atoms with Crippen molar-refractivity contribution in [1.82, 2.24) is 9.55 Å². The molecule has 1 saturated heterocycles. The van der Waals surface area contributed by atoms with E-state index in [4.69, 9.17) is 25.4 Å². The van der Waals surface area contributed by atoms with Crippen LogP contribution in [0.1, 0.15) is 47.8 Å². The summed E-state index contributed by atoms with van der Waals surface area (Å²) in [7, 11) is -2.43. The molecule has 0 amide bonds. The molecule has 11 heteroatoms. The summed E-state index contributed by atoms with van der Waals surface area (Å²) in [5.74, 6) is -1.08. The third-order valence-corrected chi connectivity index (χ3v) is 12.0. The summed E-state index contributed by atoms with van der Waals surface area (Å²) in [6, 6.07) is 2.94. The van der Waals surface area contributed by atoms with Gasteiger partial charge in [-0.2, -0.15) is 10.2 Å². The summed E-state index contributed by atoms with van der Waals surface area (Å²) < 4.78 is 19.5. The van der Waals surface area contributed by atoms with Crippen LogP contribution in [0, 0.1) is 29.1 Å². The Kier molecular flexibility index (Phi) is 8.69. The monoisotopic (exact) mass is 493 g/mol. The summed E-state index contributed by atoms with van der Waals surface area (Å²) in [6.07, 6.45) is -1.01. The average molecular weight is 494 g/mol. The van der Waals surface area contributed by atoms with Gasteiger partial charge in [0.2, 0.25) is 0 Å². The molecule has 190 valence electrons. The molecule has 1 aromatic rings. The number of nitrogens with two attached hydrogens (primary N) is 2. The van der Waals surface area contributed by atoms with Crippen LogP contribution in [0.5, 0.6) is 0 Å². The summed E-state index contributed by atoms with van der Waals surface area (Å²) in [4.78, 5) is 28.7. The van der Waals surface area contributed by atoms with E-state index in [2.05, 4.69) is 51.8 Å². The predicted octanol–water partition coefficient (Wildman–Crippen LogP) is 2.42. The quantitative estimate of drug-likeness (QED) is 0.389. The molecule has 10 nitrogen and oxygen atoms in total. The minimum atomic E-state index is -2.43. The minimum Gasteiger partial charge on any atom is -0.462 e. The van der Waals surface area contributed by atoms with Gasteiger partial charge in [-0.3, -0.25) is 9.36 Å². The zero-order valence-electron chi connectivity index (χ0n) is 21.4. The number of nitrogens with zero attached hydrogens (tertiary/aromatic N) is 3. The minimum absolute atomic E-state index is 0.0703. The Morgan fingerprint density at radius 1 is 1.35 bits per heavy atom. The number of nitriles is 1. The van der Waals surface area contributed by atoms with E-state index >= 15 is 0 Å². The highest BCUT2D eigenvalue weighted by molar-refractivity contribution is 6.74. The van der Waals surface area contributed by atoms with Gasteiger partial charge in [0.25, 0.3) is 0 Å². The molecular weight excluding hydrogens is 454 g/mol. The molecule has 0 spiro atoms. The topological polar surface area (TPSA) is 155 Å². The zero-order valence-corrected chi connectivity index (χ0v) is 22.4. The average Bonchev–Trinajstić information content (AvgIpc) is 3.07. The zero-order chi connectivity index (χ0) is 26.0. The molecular formula is C23H39N5O5Si. The van der Waals surface area contributed by atoms with Crippen LogP contribution in [0.4, 0.5) is 5.82 Å². The third-order valence-electron chi connectivity index (χ3n) is 7.42. The van der Waals surface area contributed by atoms with Gasteiger partial charge in [-0.15, -0.1) is 0 Å². The highest BCUT2D eigenvalue weighted by Gasteiger charge is 2.53. The fraction of sp³-hybridized carbons (Fsp3) is 0.739. The van der Waals surface area contributed by atoms with Crippen molar-refractivity contribution in [2.45, 2.75) is 84.2 Å². The number of anilines is 1. The summed E-state index contributed by atoms with van der Waals surface area (Å²) >= 11 is 0. The Hall–Kier alpha value is -2.26. The number of ether oxygens (including phenoxy) is 2. The molecule has 4 N–H and O–H groups in total. The van der Waals surface area contributed by atoms with Crippen molar-refractivity contribution in [3.8, 4) is 6.07 Å². The van der Waals surface area contributed by atoms with Crippen LogP contribution in [0.15, 0.2) is 17.1 Å². The first kappa shape index (κ1) is 28.0. The Morgan fingerprint density at radius 2 is 1.97 bits per heavy atom. The Bertz CT molecular complexity index is 971. The maximum atomic E-state index is 12.5. The summed E-state index contributed by atoms with van der Waals surface area (Å²) in [5, 5.41) is 9.96. The fourth-order valence-electron chi connectivity index (χ4n) is 3.73. The SMILES string of the molecule is CC(C)[C@H](N)C(=O)OC[C@H]1O[C@@H](n2ccc(N)nc2=O)[C@@H](C#N)[C@@H]1O[Si](C)(C)C(C)(C)C(C)C. The van der Waals surface area contributed by atoms with Gasteiger partial charge in [0, 0.05) is 6.20 Å². The van der Waals surface area contributed by atoms with E-state index < -0.39 is 50.4 Å². The van der Waals surface area contributed by atoms with Gasteiger partial charge in [0.1, 0.15) is 30.5 Å². The second-order valence-corrected chi connectivity index (χ2v) is 15.2. The second kappa shape index (κ2) is 10.6. The second-order valence-electron chi connectivity index (χ2n) is 10.6. The normalized spacial score (nSPS) is 24.3. The number of carbonyl (C=O) groups excluding carboxylic acids is 1. The van der Waals surface area contributed by atoms with Crippen molar-refractivity contribution in [2.24, 2.45) is 23.5 Å². The molecule has 1 aliphatic rings. The Labute approximate surface area is 202 Å². The number of rotatable bonds is 9. The van der Waals surface area contributed by atoms with Gasteiger partial charge < -0.3 is 25.4 Å². The Balaban J connectivity index is 2.42. The number of hydrogen-bond donors (Lipinski definition) is 2. The number of nitrogen functional groups attached to an aromatic ring is 1. The van der Waals surface area contributed by atoms with Crippen molar-refractivity contribution >= 4 is 20.1 Å². The van der Waals surface area contributed by atoms with Crippen LogP contribution in [0.25, 0.3) is 0 Å². The van der Waals surface area contributed by atoms with E-state index in [-0.39, 0.29) is 23.4 Å². The van der Waals surface area contributed by atoms with E-state index in [9.17, 15) is 14.9 Å². The van der Waals surface area contributed by atoms with Crippen LogP contribution in [-0.4, -0.2) is 48.7 Å². The molecule has 34 heavy (non-hydrogen) atoms. The first-order chi connectivity index (χ1) is 15.6. The van der Waals surface area contributed by atoms with Gasteiger partial charge in [-0.1, -0.05) is 41.5 Å². The molecule has 0 saturated carbocycles.